The first-order valence-electron chi connectivity index (χ1n) is 10.4. The second-order valence-corrected chi connectivity index (χ2v) is 7.92. The van der Waals surface area contributed by atoms with Crippen molar-refractivity contribution in [3.05, 3.63) is 0 Å². The zero-order chi connectivity index (χ0) is 21.4. The van der Waals surface area contributed by atoms with Gasteiger partial charge in [-0.25, -0.2) is 0 Å². The molecule has 0 radical (unpaired) electrons. The van der Waals surface area contributed by atoms with Crippen molar-refractivity contribution >= 4 is 11.8 Å². The van der Waals surface area contributed by atoms with Crippen LogP contribution < -0.4 is 5.32 Å². The summed E-state index contributed by atoms with van der Waals surface area (Å²) >= 11 is 0. The van der Waals surface area contributed by atoms with Gasteiger partial charge in [-0.15, -0.1) is 0 Å². The molecule has 9 heteroatoms. The van der Waals surface area contributed by atoms with Gasteiger partial charge in [0.1, 0.15) is 6.10 Å². The first-order valence-corrected chi connectivity index (χ1v) is 10.4. The second kappa shape index (κ2) is 11.8. The minimum Gasteiger partial charge on any atom is -0.390 e. The Bertz CT molecular complexity index is 533. The van der Waals surface area contributed by atoms with E-state index in [1.54, 1.807) is 14.2 Å². The van der Waals surface area contributed by atoms with Crippen molar-refractivity contribution in [3.8, 4) is 0 Å². The highest BCUT2D eigenvalue weighted by Gasteiger charge is 2.38. The molecule has 2 fully saturated rings. The molecule has 9 nitrogen and oxygen atoms in total. The van der Waals surface area contributed by atoms with Crippen LogP contribution in [0.25, 0.3) is 0 Å². The number of rotatable bonds is 10. The number of amides is 2. The molecule has 168 valence electrons. The maximum Gasteiger partial charge on any atom is 0.222 e. The number of methoxy groups -OCH3 is 2. The van der Waals surface area contributed by atoms with Crippen LogP contribution >= 0.6 is 0 Å². The van der Waals surface area contributed by atoms with Crippen LogP contribution in [0.2, 0.25) is 0 Å². The topological polar surface area (TPSA) is 107 Å². The molecule has 2 rings (SSSR count). The maximum absolute atomic E-state index is 12.4. The van der Waals surface area contributed by atoms with Crippen LogP contribution in [0.1, 0.15) is 46.0 Å². The Morgan fingerprint density at radius 3 is 2.62 bits per heavy atom. The largest absolute Gasteiger partial charge is 0.390 e. The molecule has 0 aliphatic carbocycles. The average Bonchev–Trinajstić information content (AvgIpc) is 3.05. The maximum atomic E-state index is 12.4. The van der Waals surface area contributed by atoms with Crippen LogP contribution in [-0.4, -0.2) is 92.5 Å². The van der Waals surface area contributed by atoms with Crippen LogP contribution in [0.3, 0.4) is 0 Å². The van der Waals surface area contributed by atoms with Gasteiger partial charge in [-0.2, -0.15) is 0 Å². The Labute approximate surface area is 173 Å². The molecular formula is C20H36N2O7. The normalized spacial score (nSPS) is 32.4. The number of unbranched alkanes of at least 4 members (excludes halogenated alkanes) is 1. The molecule has 0 bridgehead atoms. The summed E-state index contributed by atoms with van der Waals surface area (Å²) in [6, 6.07) is -0.212. The van der Waals surface area contributed by atoms with Gasteiger partial charge in [0.05, 0.1) is 24.9 Å². The van der Waals surface area contributed by atoms with E-state index < -0.39 is 24.5 Å². The van der Waals surface area contributed by atoms with Gasteiger partial charge in [0.25, 0.3) is 0 Å². The van der Waals surface area contributed by atoms with Gasteiger partial charge in [-0.3, -0.25) is 9.59 Å². The van der Waals surface area contributed by atoms with Crippen LogP contribution in [0.4, 0.5) is 0 Å². The predicted octanol–water partition coefficient (Wildman–Crippen LogP) is 0.436. The van der Waals surface area contributed by atoms with Gasteiger partial charge in [-0.1, -0.05) is 0 Å². The molecule has 6 atom stereocenters. The van der Waals surface area contributed by atoms with Gasteiger partial charge < -0.3 is 34.3 Å². The molecule has 2 aliphatic heterocycles. The summed E-state index contributed by atoms with van der Waals surface area (Å²) in [6.45, 7) is 4.78. The van der Waals surface area contributed by atoms with Crippen LogP contribution in [0.15, 0.2) is 0 Å². The van der Waals surface area contributed by atoms with E-state index in [1.807, 2.05) is 11.8 Å². The zero-order valence-corrected chi connectivity index (χ0v) is 18.0. The SMILES string of the molecule is COCC1OC(OCCCCC(=O)N2C[C@H](OC)C[C@H]2C)C(NC(C)=O)CC1O. The molecular weight excluding hydrogens is 380 g/mol. The molecule has 2 N–H and O–H groups in total. The number of carbonyl (C=O) groups excluding carboxylic acids is 2. The summed E-state index contributed by atoms with van der Waals surface area (Å²) in [4.78, 5) is 25.8. The van der Waals surface area contributed by atoms with Crippen LogP contribution in [-0.2, 0) is 28.5 Å². The highest BCUT2D eigenvalue weighted by molar-refractivity contribution is 5.76. The lowest BCUT2D eigenvalue weighted by Crippen LogP contribution is -2.56. The highest BCUT2D eigenvalue weighted by Crippen LogP contribution is 2.23. The summed E-state index contributed by atoms with van der Waals surface area (Å²) in [5.74, 6) is -0.0605. The fourth-order valence-electron chi connectivity index (χ4n) is 3.96. The third-order valence-electron chi connectivity index (χ3n) is 5.54. The second-order valence-electron chi connectivity index (χ2n) is 7.92. The fourth-order valence-corrected chi connectivity index (χ4v) is 3.96. The first-order chi connectivity index (χ1) is 13.8. The van der Waals surface area contributed by atoms with Gasteiger partial charge >= 0.3 is 0 Å². The molecule has 4 unspecified atom stereocenters. The number of aliphatic hydroxyl groups excluding tert-OH is 1. The monoisotopic (exact) mass is 416 g/mol. The molecule has 0 aromatic heterocycles. The molecule has 0 saturated carbocycles. The molecule has 2 aliphatic rings. The summed E-state index contributed by atoms with van der Waals surface area (Å²) in [5, 5.41) is 12.9. The molecule has 0 spiro atoms. The van der Waals surface area contributed by atoms with Crippen molar-refractivity contribution in [2.45, 2.75) is 82.6 Å². The number of likely N-dealkylation sites (tertiary alicyclic amines) is 1. The zero-order valence-electron chi connectivity index (χ0n) is 18.0. The third kappa shape index (κ3) is 7.18. The van der Waals surface area contributed by atoms with Crippen molar-refractivity contribution in [2.24, 2.45) is 0 Å². The summed E-state index contributed by atoms with van der Waals surface area (Å²) in [6.07, 6.45) is 1.34. The number of hydrogen-bond donors (Lipinski definition) is 2. The molecule has 2 saturated heterocycles. The Morgan fingerprint density at radius 2 is 2.00 bits per heavy atom. The number of nitrogens with zero attached hydrogens (tertiary/aromatic N) is 1. The smallest absolute Gasteiger partial charge is 0.222 e. The standard InChI is InChI=1S/C20H36N2O7/c1-13-9-15(27-4)11-22(13)19(25)7-5-6-8-28-20-16(21-14(2)23)10-17(24)18(29-20)12-26-3/h13,15-18,20,24H,5-12H2,1-4H3,(H,21,23)/t13-,15-,16?,17?,18?,20?/m1/s1. The summed E-state index contributed by atoms with van der Waals surface area (Å²) in [7, 11) is 3.22. The van der Waals surface area contributed by atoms with E-state index in [0.29, 0.717) is 38.8 Å². The van der Waals surface area contributed by atoms with Crippen molar-refractivity contribution < 1.29 is 33.6 Å². The van der Waals surface area contributed by atoms with Gasteiger partial charge in [0.15, 0.2) is 6.29 Å². The van der Waals surface area contributed by atoms with Gasteiger partial charge in [0.2, 0.25) is 11.8 Å². The molecule has 0 aromatic carbocycles. The van der Waals surface area contributed by atoms with Crippen molar-refractivity contribution in [3.63, 3.8) is 0 Å². The highest BCUT2D eigenvalue weighted by atomic mass is 16.7. The number of nitrogens with one attached hydrogen (secondary N) is 1. The van der Waals surface area contributed by atoms with E-state index in [0.717, 1.165) is 6.42 Å². The minimum atomic E-state index is -0.734. The summed E-state index contributed by atoms with van der Waals surface area (Å²) < 4.78 is 22.1. The quantitative estimate of drug-likeness (QED) is 0.498. The average molecular weight is 417 g/mol. The van der Waals surface area contributed by atoms with E-state index in [-0.39, 0.29) is 30.6 Å². The molecule has 29 heavy (non-hydrogen) atoms. The Balaban J connectivity index is 1.73. The lowest BCUT2D eigenvalue weighted by molar-refractivity contribution is -0.243. The summed E-state index contributed by atoms with van der Waals surface area (Å²) in [5.41, 5.74) is 0. The van der Waals surface area contributed by atoms with Crippen molar-refractivity contribution in [2.75, 3.05) is 34.0 Å². The number of aliphatic hydroxyl groups is 1. The van der Waals surface area contributed by atoms with Crippen molar-refractivity contribution in [1.82, 2.24) is 10.2 Å². The van der Waals surface area contributed by atoms with E-state index in [9.17, 15) is 14.7 Å². The Morgan fingerprint density at radius 1 is 1.24 bits per heavy atom. The first kappa shape index (κ1) is 24.0. The molecule has 2 amide bonds. The fraction of sp³-hybridized carbons (Fsp3) is 0.900. The Kier molecular flexibility index (Phi) is 9.78. The van der Waals surface area contributed by atoms with Crippen LogP contribution in [0.5, 0.6) is 0 Å². The lowest BCUT2D eigenvalue weighted by Gasteiger charge is -2.39. The lowest BCUT2D eigenvalue weighted by atomic mass is 10.0. The van der Waals surface area contributed by atoms with E-state index in [1.165, 1.54) is 6.92 Å². The number of carbonyl (C=O) groups is 2. The minimum absolute atomic E-state index is 0.127. The predicted molar refractivity (Wildman–Crippen MR) is 105 cm³/mol. The Hall–Kier alpha value is -1.26. The van der Waals surface area contributed by atoms with Crippen LogP contribution in [0, 0.1) is 0 Å². The van der Waals surface area contributed by atoms with Gasteiger partial charge in [0, 0.05) is 53.2 Å². The third-order valence-corrected chi connectivity index (χ3v) is 5.54. The van der Waals surface area contributed by atoms with E-state index >= 15 is 0 Å². The number of hydrogen-bond acceptors (Lipinski definition) is 7. The van der Waals surface area contributed by atoms with Crippen molar-refractivity contribution in [1.29, 1.82) is 0 Å². The van der Waals surface area contributed by atoms with Gasteiger partial charge in [-0.05, 0) is 26.2 Å². The molecule has 0 aromatic rings. The van der Waals surface area contributed by atoms with E-state index in [2.05, 4.69) is 5.32 Å². The number of ether oxygens (including phenoxy) is 4. The van der Waals surface area contributed by atoms with E-state index in [4.69, 9.17) is 18.9 Å². The molecule has 2 heterocycles.